The van der Waals surface area contributed by atoms with Gasteiger partial charge in [0.05, 0.1) is 12.5 Å². The van der Waals surface area contributed by atoms with Crippen LogP contribution in [0.2, 0.25) is 0 Å². The SMILES string of the molecule is O=C([O-])CNC(=O)COc1ccc(Oc2ccccc2)cc1. The van der Waals surface area contributed by atoms with Gasteiger partial charge in [0.2, 0.25) is 0 Å². The van der Waals surface area contributed by atoms with Gasteiger partial charge in [0.1, 0.15) is 17.2 Å². The lowest BCUT2D eigenvalue weighted by Gasteiger charge is -2.09. The molecule has 0 bridgehead atoms. The third-order valence-corrected chi connectivity index (χ3v) is 2.60. The Morgan fingerprint density at radius 3 is 2.14 bits per heavy atom. The second-order valence-electron chi connectivity index (χ2n) is 4.32. The molecule has 0 aliphatic rings. The summed E-state index contributed by atoms with van der Waals surface area (Å²) < 4.78 is 10.8. The highest BCUT2D eigenvalue weighted by Gasteiger charge is 2.03. The van der Waals surface area contributed by atoms with Crippen LogP contribution >= 0.6 is 0 Å². The third-order valence-electron chi connectivity index (χ3n) is 2.60. The Kier molecular flexibility index (Phi) is 5.37. The molecule has 2 rings (SSSR count). The molecule has 2 aromatic carbocycles. The summed E-state index contributed by atoms with van der Waals surface area (Å²) in [5, 5.41) is 12.3. The van der Waals surface area contributed by atoms with Gasteiger partial charge in [0.25, 0.3) is 5.91 Å². The second-order valence-corrected chi connectivity index (χ2v) is 4.32. The summed E-state index contributed by atoms with van der Waals surface area (Å²) in [4.78, 5) is 21.5. The summed E-state index contributed by atoms with van der Waals surface area (Å²) in [6, 6.07) is 16.1. The van der Waals surface area contributed by atoms with Crippen molar-refractivity contribution in [2.45, 2.75) is 0 Å². The number of hydrogen-bond acceptors (Lipinski definition) is 5. The van der Waals surface area contributed by atoms with Crippen LogP contribution < -0.4 is 19.9 Å². The molecule has 0 spiro atoms. The predicted molar refractivity (Wildman–Crippen MR) is 76.5 cm³/mol. The number of carbonyl (C=O) groups is 2. The predicted octanol–water partition coefficient (Wildman–Crippen LogP) is 0.724. The smallest absolute Gasteiger partial charge is 0.258 e. The van der Waals surface area contributed by atoms with Crippen LogP contribution in [0.4, 0.5) is 0 Å². The number of amides is 1. The molecule has 6 nitrogen and oxygen atoms in total. The molecule has 0 unspecified atom stereocenters. The zero-order valence-electron chi connectivity index (χ0n) is 11.7. The lowest BCUT2D eigenvalue weighted by atomic mass is 10.3. The monoisotopic (exact) mass is 300 g/mol. The fraction of sp³-hybridized carbons (Fsp3) is 0.125. The van der Waals surface area contributed by atoms with Crippen molar-refractivity contribution in [3.05, 3.63) is 54.6 Å². The highest BCUT2D eigenvalue weighted by Crippen LogP contribution is 2.23. The molecule has 1 N–H and O–H groups in total. The maximum atomic E-state index is 11.3. The lowest BCUT2D eigenvalue weighted by Crippen LogP contribution is -2.39. The van der Waals surface area contributed by atoms with E-state index in [0.717, 1.165) is 5.75 Å². The summed E-state index contributed by atoms with van der Waals surface area (Å²) in [6.45, 7) is -0.807. The number of carbonyl (C=O) groups excluding carboxylic acids is 2. The minimum Gasteiger partial charge on any atom is -0.548 e. The fourth-order valence-corrected chi connectivity index (χ4v) is 1.60. The van der Waals surface area contributed by atoms with Gasteiger partial charge in [-0.1, -0.05) is 18.2 Å². The minimum absolute atomic E-state index is 0.272. The van der Waals surface area contributed by atoms with E-state index in [1.54, 1.807) is 24.3 Å². The van der Waals surface area contributed by atoms with E-state index >= 15 is 0 Å². The average Bonchev–Trinajstić information content (AvgIpc) is 2.53. The Morgan fingerprint density at radius 1 is 0.909 bits per heavy atom. The summed E-state index contributed by atoms with van der Waals surface area (Å²) >= 11 is 0. The highest BCUT2D eigenvalue weighted by molar-refractivity contribution is 5.81. The molecule has 0 heterocycles. The van der Waals surface area contributed by atoms with Crippen molar-refractivity contribution in [1.82, 2.24) is 5.32 Å². The molecule has 0 aliphatic heterocycles. The molecule has 0 saturated carbocycles. The molecular weight excluding hydrogens is 286 g/mol. The maximum absolute atomic E-state index is 11.3. The number of para-hydroxylation sites is 1. The van der Waals surface area contributed by atoms with Crippen molar-refractivity contribution >= 4 is 11.9 Å². The first-order valence-corrected chi connectivity index (χ1v) is 6.56. The first-order valence-electron chi connectivity index (χ1n) is 6.56. The van der Waals surface area contributed by atoms with Crippen molar-refractivity contribution in [1.29, 1.82) is 0 Å². The van der Waals surface area contributed by atoms with Crippen molar-refractivity contribution in [2.24, 2.45) is 0 Å². The van der Waals surface area contributed by atoms with Gasteiger partial charge >= 0.3 is 0 Å². The van der Waals surface area contributed by atoms with Crippen LogP contribution in [0.3, 0.4) is 0 Å². The molecule has 0 fully saturated rings. The Balaban J connectivity index is 1.82. The molecule has 0 radical (unpaired) electrons. The maximum Gasteiger partial charge on any atom is 0.258 e. The molecule has 0 atom stereocenters. The summed E-state index contributed by atoms with van der Waals surface area (Å²) in [5.41, 5.74) is 0. The first-order chi connectivity index (χ1) is 10.6. The number of carboxylic acid groups (broad SMARTS) is 1. The minimum atomic E-state index is -1.35. The Morgan fingerprint density at radius 2 is 1.50 bits per heavy atom. The van der Waals surface area contributed by atoms with E-state index in [9.17, 15) is 14.7 Å². The first kappa shape index (κ1) is 15.4. The van der Waals surface area contributed by atoms with E-state index in [4.69, 9.17) is 9.47 Å². The van der Waals surface area contributed by atoms with E-state index in [1.807, 2.05) is 30.3 Å². The van der Waals surface area contributed by atoms with E-state index in [0.29, 0.717) is 11.5 Å². The average molecular weight is 300 g/mol. The molecule has 0 aromatic heterocycles. The number of hydrogen-bond donors (Lipinski definition) is 1. The largest absolute Gasteiger partial charge is 0.548 e. The Labute approximate surface area is 127 Å². The van der Waals surface area contributed by atoms with Crippen LogP contribution in [-0.2, 0) is 9.59 Å². The van der Waals surface area contributed by atoms with E-state index < -0.39 is 18.4 Å². The molecule has 2 aromatic rings. The molecular formula is C16H14NO5-. The summed E-state index contributed by atoms with van der Waals surface area (Å²) in [7, 11) is 0. The van der Waals surface area contributed by atoms with E-state index in [1.165, 1.54) is 0 Å². The highest BCUT2D eigenvalue weighted by atomic mass is 16.5. The van der Waals surface area contributed by atoms with Crippen LogP contribution in [0.25, 0.3) is 0 Å². The van der Waals surface area contributed by atoms with Gasteiger partial charge in [0.15, 0.2) is 6.61 Å². The number of carboxylic acids is 1. The normalized spacial score (nSPS) is 9.82. The topological polar surface area (TPSA) is 87.7 Å². The second kappa shape index (κ2) is 7.68. The van der Waals surface area contributed by atoms with Crippen LogP contribution in [0.15, 0.2) is 54.6 Å². The van der Waals surface area contributed by atoms with Crippen molar-refractivity contribution < 1.29 is 24.2 Å². The van der Waals surface area contributed by atoms with Gasteiger partial charge in [-0.05, 0) is 36.4 Å². The molecule has 0 aliphatic carbocycles. The van der Waals surface area contributed by atoms with Gasteiger partial charge in [-0.2, -0.15) is 0 Å². The van der Waals surface area contributed by atoms with Crippen LogP contribution in [0.1, 0.15) is 0 Å². The van der Waals surface area contributed by atoms with Crippen molar-refractivity contribution in [3.8, 4) is 17.2 Å². The molecule has 0 saturated heterocycles. The fourth-order valence-electron chi connectivity index (χ4n) is 1.60. The lowest BCUT2D eigenvalue weighted by molar-refractivity contribution is -0.304. The Hall–Kier alpha value is -3.02. The van der Waals surface area contributed by atoms with Crippen molar-refractivity contribution in [2.75, 3.05) is 13.2 Å². The summed E-state index contributed by atoms with van der Waals surface area (Å²) in [5.74, 6) is -0.0497. The van der Waals surface area contributed by atoms with Gasteiger partial charge in [-0.15, -0.1) is 0 Å². The zero-order valence-corrected chi connectivity index (χ0v) is 11.7. The van der Waals surface area contributed by atoms with E-state index in [-0.39, 0.29) is 6.61 Å². The number of ether oxygens (including phenoxy) is 2. The zero-order chi connectivity index (χ0) is 15.8. The van der Waals surface area contributed by atoms with Gasteiger partial charge in [0, 0.05) is 0 Å². The van der Waals surface area contributed by atoms with Crippen LogP contribution in [0, 0.1) is 0 Å². The third kappa shape index (κ3) is 5.16. The molecule has 22 heavy (non-hydrogen) atoms. The number of nitrogens with one attached hydrogen (secondary N) is 1. The summed E-state index contributed by atoms with van der Waals surface area (Å²) in [6.07, 6.45) is 0. The molecule has 1 amide bonds. The van der Waals surface area contributed by atoms with Crippen molar-refractivity contribution in [3.63, 3.8) is 0 Å². The molecule has 114 valence electrons. The quantitative estimate of drug-likeness (QED) is 0.814. The number of aliphatic carboxylic acids is 1. The van der Waals surface area contributed by atoms with Gasteiger partial charge in [-0.3, -0.25) is 4.79 Å². The Bertz CT molecular complexity index is 625. The van der Waals surface area contributed by atoms with Gasteiger partial charge in [-0.25, -0.2) is 0 Å². The van der Waals surface area contributed by atoms with Crippen LogP contribution in [0.5, 0.6) is 17.2 Å². The van der Waals surface area contributed by atoms with Gasteiger partial charge < -0.3 is 24.7 Å². The number of rotatable bonds is 7. The van der Waals surface area contributed by atoms with E-state index in [2.05, 4.69) is 5.32 Å². The standard InChI is InChI=1S/C16H15NO5/c18-15(17-10-16(19)20)11-21-12-6-8-14(9-7-12)22-13-4-2-1-3-5-13/h1-9H,10-11H2,(H,17,18)(H,19,20)/p-1. The number of benzene rings is 2. The van der Waals surface area contributed by atoms with Crippen LogP contribution in [-0.4, -0.2) is 25.0 Å². The molecule has 6 heteroatoms.